The van der Waals surface area contributed by atoms with Gasteiger partial charge in [0.05, 0.1) is 0 Å². The Balaban J connectivity index is 1.16. The van der Waals surface area contributed by atoms with Crippen molar-refractivity contribution in [2.45, 2.75) is 0 Å². The molecule has 0 saturated carbocycles. The second kappa shape index (κ2) is 11.7. The zero-order chi connectivity index (χ0) is 34.9. The highest BCUT2D eigenvalue weighted by molar-refractivity contribution is 6.23. The van der Waals surface area contributed by atoms with E-state index in [0.717, 1.165) is 55.1 Å². The third-order valence-electron chi connectivity index (χ3n) is 10.5. The maximum atomic E-state index is 6.86. The first kappa shape index (κ1) is 29.5. The van der Waals surface area contributed by atoms with Crippen LogP contribution in [-0.2, 0) is 0 Å². The average Bonchev–Trinajstić information content (AvgIpc) is 3.63. The van der Waals surface area contributed by atoms with Crippen molar-refractivity contribution < 1.29 is 4.42 Å². The maximum Gasteiger partial charge on any atom is 0.164 e. The molecule has 0 saturated heterocycles. The number of furan rings is 1. The zero-order valence-electron chi connectivity index (χ0n) is 28.5. The molecule has 9 aromatic carbocycles. The molecule has 0 spiro atoms. The minimum absolute atomic E-state index is 0.600. The molecule has 4 nitrogen and oxygen atoms in total. The van der Waals surface area contributed by atoms with Crippen LogP contribution in [0.4, 0.5) is 0 Å². The fourth-order valence-electron chi connectivity index (χ4n) is 8.00. The first-order valence-electron chi connectivity index (χ1n) is 17.9. The van der Waals surface area contributed by atoms with Crippen molar-refractivity contribution in [2.75, 3.05) is 0 Å². The average molecular weight is 676 g/mol. The van der Waals surface area contributed by atoms with Crippen molar-refractivity contribution in [3.8, 4) is 45.3 Å². The zero-order valence-corrected chi connectivity index (χ0v) is 28.5. The summed E-state index contributed by atoms with van der Waals surface area (Å²) in [5.74, 6) is 1.85. The molecule has 2 heterocycles. The van der Waals surface area contributed by atoms with E-state index in [2.05, 4.69) is 133 Å². The van der Waals surface area contributed by atoms with Crippen LogP contribution in [-0.4, -0.2) is 15.0 Å². The van der Waals surface area contributed by atoms with Crippen LogP contribution in [0.1, 0.15) is 0 Å². The van der Waals surface area contributed by atoms with Crippen molar-refractivity contribution in [3.05, 3.63) is 176 Å². The molecule has 0 atom stereocenters. The van der Waals surface area contributed by atoms with E-state index in [0.29, 0.717) is 17.5 Å². The van der Waals surface area contributed by atoms with Crippen LogP contribution in [0.5, 0.6) is 0 Å². The van der Waals surface area contributed by atoms with Crippen LogP contribution in [0.25, 0.3) is 110 Å². The molecular formula is C49H29N3O. The van der Waals surface area contributed by atoms with E-state index < -0.39 is 0 Å². The highest BCUT2D eigenvalue weighted by atomic mass is 16.3. The van der Waals surface area contributed by atoms with E-state index in [9.17, 15) is 0 Å². The van der Waals surface area contributed by atoms with Crippen LogP contribution in [0.2, 0.25) is 0 Å². The van der Waals surface area contributed by atoms with Gasteiger partial charge in [0.1, 0.15) is 11.2 Å². The number of rotatable bonds is 4. The van der Waals surface area contributed by atoms with Gasteiger partial charge in [-0.2, -0.15) is 0 Å². The fourth-order valence-corrected chi connectivity index (χ4v) is 8.00. The van der Waals surface area contributed by atoms with Gasteiger partial charge in [0, 0.05) is 33.0 Å². The molecule has 0 radical (unpaired) electrons. The Labute approximate surface area is 304 Å². The third kappa shape index (κ3) is 4.73. The van der Waals surface area contributed by atoms with Gasteiger partial charge in [0.15, 0.2) is 17.5 Å². The van der Waals surface area contributed by atoms with Crippen molar-refractivity contribution in [2.24, 2.45) is 0 Å². The molecule has 0 fully saturated rings. The van der Waals surface area contributed by atoms with Gasteiger partial charge >= 0.3 is 0 Å². The summed E-state index contributed by atoms with van der Waals surface area (Å²) in [6.45, 7) is 0. The molecule has 246 valence electrons. The van der Waals surface area contributed by atoms with E-state index in [1.807, 2.05) is 42.5 Å². The maximum absolute atomic E-state index is 6.86. The lowest BCUT2D eigenvalue weighted by molar-refractivity contribution is 0.670. The van der Waals surface area contributed by atoms with E-state index >= 15 is 0 Å². The van der Waals surface area contributed by atoms with E-state index in [-0.39, 0.29) is 0 Å². The predicted molar refractivity (Wildman–Crippen MR) is 219 cm³/mol. The molecule has 4 heteroatoms. The Kier molecular flexibility index (Phi) is 6.52. The lowest BCUT2D eigenvalue weighted by atomic mass is 9.90. The van der Waals surface area contributed by atoms with Crippen molar-refractivity contribution in [1.29, 1.82) is 0 Å². The smallest absolute Gasteiger partial charge is 0.164 e. The van der Waals surface area contributed by atoms with Gasteiger partial charge in [-0.05, 0) is 66.9 Å². The van der Waals surface area contributed by atoms with Gasteiger partial charge in [-0.15, -0.1) is 0 Å². The Morgan fingerprint density at radius 3 is 1.81 bits per heavy atom. The molecule has 0 aliphatic carbocycles. The van der Waals surface area contributed by atoms with Crippen molar-refractivity contribution in [1.82, 2.24) is 15.0 Å². The molecule has 0 bridgehead atoms. The molecule has 53 heavy (non-hydrogen) atoms. The number of nitrogens with zero attached hydrogens (tertiary/aromatic N) is 3. The second-order valence-corrected chi connectivity index (χ2v) is 13.5. The molecule has 2 aromatic heterocycles. The number of fused-ring (bicyclic) bond motifs is 9. The summed E-state index contributed by atoms with van der Waals surface area (Å²) in [6.07, 6.45) is 0. The van der Waals surface area contributed by atoms with Crippen LogP contribution in [0, 0.1) is 0 Å². The Morgan fingerprint density at radius 1 is 0.321 bits per heavy atom. The van der Waals surface area contributed by atoms with Crippen LogP contribution in [0.15, 0.2) is 180 Å². The Morgan fingerprint density at radius 2 is 0.943 bits per heavy atom. The Hall–Kier alpha value is -7.17. The van der Waals surface area contributed by atoms with Crippen molar-refractivity contribution >= 4 is 65.0 Å². The minimum Gasteiger partial charge on any atom is -0.455 e. The number of hydrogen-bond donors (Lipinski definition) is 0. The molecule has 0 amide bonds. The topological polar surface area (TPSA) is 51.8 Å². The minimum atomic E-state index is 0.600. The standard InChI is InChI=1S/C49H29N3O/c1-2-14-32(15-3-1)47-50-48(34-25-24-30-12-4-5-16-33(30)28-34)52-49(51-47)41-22-11-23-44-45(41)40-21-10-20-39(46(40)53-44)43-29-42-35-17-7-6-13-31(35)26-27-38(42)36-18-8-9-19-37(36)43/h1-29H. The Bertz CT molecular complexity index is 3240. The third-order valence-corrected chi connectivity index (χ3v) is 10.5. The summed E-state index contributed by atoms with van der Waals surface area (Å²) >= 11 is 0. The number of aromatic nitrogens is 3. The van der Waals surface area contributed by atoms with Gasteiger partial charge < -0.3 is 4.42 Å². The summed E-state index contributed by atoms with van der Waals surface area (Å²) in [6, 6.07) is 61.6. The number of para-hydroxylation sites is 1. The van der Waals surface area contributed by atoms with E-state index in [1.165, 1.54) is 37.7 Å². The molecular weight excluding hydrogens is 647 g/mol. The first-order valence-corrected chi connectivity index (χ1v) is 17.9. The van der Waals surface area contributed by atoms with Crippen LogP contribution < -0.4 is 0 Å². The normalized spacial score (nSPS) is 11.8. The number of hydrogen-bond acceptors (Lipinski definition) is 4. The highest BCUT2D eigenvalue weighted by Gasteiger charge is 2.21. The van der Waals surface area contributed by atoms with Gasteiger partial charge in [-0.3, -0.25) is 0 Å². The summed E-state index contributed by atoms with van der Waals surface area (Å²) in [4.78, 5) is 15.3. The predicted octanol–water partition coefficient (Wildman–Crippen LogP) is 13.1. The van der Waals surface area contributed by atoms with Crippen LogP contribution in [0.3, 0.4) is 0 Å². The summed E-state index contributed by atoms with van der Waals surface area (Å²) in [5, 5.41) is 11.7. The quantitative estimate of drug-likeness (QED) is 0.174. The van der Waals surface area contributed by atoms with Gasteiger partial charge in [-0.1, -0.05) is 158 Å². The van der Waals surface area contributed by atoms with Crippen molar-refractivity contribution in [3.63, 3.8) is 0 Å². The fraction of sp³-hybridized carbons (Fsp3) is 0. The monoisotopic (exact) mass is 675 g/mol. The molecule has 11 aromatic rings. The van der Waals surface area contributed by atoms with Gasteiger partial charge in [0.25, 0.3) is 0 Å². The van der Waals surface area contributed by atoms with E-state index in [1.54, 1.807) is 0 Å². The second-order valence-electron chi connectivity index (χ2n) is 13.5. The summed E-state index contributed by atoms with van der Waals surface area (Å²) < 4.78 is 6.86. The molecule has 11 rings (SSSR count). The molecule has 0 aliphatic rings. The molecule has 0 unspecified atom stereocenters. The first-order chi connectivity index (χ1) is 26.3. The summed E-state index contributed by atoms with van der Waals surface area (Å²) in [5.41, 5.74) is 6.58. The highest BCUT2D eigenvalue weighted by Crippen LogP contribution is 2.44. The lowest BCUT2D eigenvalue weighted by Gasteiger charge is -2.13. The lowest BCUT2D eigenvalue weighted by Crippen LogP contribution is -2.00. The van der Waals surface area contributed by atoms with Gasteiger partial charge in [-0.25, -0.2) is 15.0 Å². The molecule has 0 aliphatic heterocycles. The summed E-state index contributed by atoms with van der Waals surface area (Å²) in [7, 11) is 0. The van der Waals surface area contributed by atoms with E-state index in [4.69, 9.17) is 19.4 Å². The van der Waals surface area contributed by atoms with Crippen LogP contribution >= 0.6 is 0 Å². The SMILES string of the molecule is c1ccc(-c2nc(-c3ccc4ccccc4c3)nc(-c3cccc4oc5c(-c6cc7c8ccccc8ccc7c7ccccc67)cccc5c34)n2)cc1. The number of benzene rings is 9. The van der Waals surface area contributed by atoms with Gasteiger partial charge in [0.2, 0.25) is 0 Å². The molecule has 0 N–H and O–H groups in total. The largest absolute Gasteiger partial charge is 0.455 e.